The van der Waals surface area contributed by atoms with Gasteiger partial charge in [-0.05, 0) is 56.4 Å². The SMILES string of the molecule is Cl.NC1(C(=O)Nc2ccc(OCC3CCCCO3)cc2)CCCC1. The Morgan fingerprint density at radius 1 is 1.21 bits per heavy atom. The Labute approximate surface area is 149 Å². The molecule has 134 valence electrons. The fraction of sp³-hybridized carbons (Fsp3) is 0.611. The first kappa shape index (κ1) is 19.0. The third-order valence-electron chi connectivity index (χ3n) is 4.77. The summed E-state index contributed by atoms with van der Waals surface area (Å²) in [4.78, 5) is 12.3. The van der Waals surface area contributed by atoms with Gasteiger partial charge < -0.3 is 20.5 Å². The van der Waals surface area contributed by atoms with E-state index >= 15 is 0 Å². The number of benzene rings is 1. The van der Waals surface area contributed by atoms with Crippen molar-refractivity contribution >= 4 is 24.0 Å². The summed E-state index contributed by atoms with van der Waals surface area (Å²) in [6.45, 7) is 1.41. The molecule has 3 rings (SSSR count). The Morgan fingerprint density at radius 3 is 2.54 bits per heavy atom. The number of halogens is 1. The van der Waals surface area contributed by atoms with Crippen molar-refractivity contribution in [3.8, 4) is 5.75 Å². The molecule has 2 aliphatic rings. The minimum Gasteiger partial charge on any atom is -0.491 e. The van der Waals surface area contributed by atoms with Crippen LogP contribution in [0.3, 0.4) is 0 Å². The highest BCUT2D eigenvalue weighted by molar-refractivity contribution is 5.98. The highest BCUT2D eigenvalue weighted by Gasteiger charge is 2.36. The monoisotopic (exact) mass is 354 g/mol. The van der Waals surface area contributed by atoms with Crippen molar-refractivity contribution in [1.29, 1.82) is 0 Å². The van der Waals surface area contributed by atoms with Gasteiger partial charge in [0.25, 0.3) is 0 Å². The van der Waals surface area contributed by atoms with E-state index in [1.165, 1.54) is 6.42 Å². The van der Waals surface area contributed by atoms with Gasteiger partial charge in [0.2, 0.25) is 5.91 Å². The summed E-state index contributed by atoms with van der Waals surface area (Å²) in [7, 11) is 0. The van der Waals surface area contributed by atoms with E-state index in [1.54, 1.807) is 0 Å². The number of amides is 1. The lowest BCUT2D eigenvalue weighted by atomic mass is 9.98. The van der Waals surface area contributed by atoms with Gasteiger partial charge >= 0.3 is 0 Å². The van der Waals surface area contributed by atoms with Crippen LogP contribution in [0.1, 0.15) is 44.9 Å². The predicted octanol–water partition coefficient (Wildman–Crippen LogP) is 3.27. The van der Waals surface area contributed by atoms with E-state index in [9.17, 15) is 4.79 Å². The van der Waals surface area contributed by atoms with Crippen molar-refractivity contribution in [2.45, 2.75) is 56.6 Å². The molecule has 6 heteroatoms. The number of rotatable bonds is 5. The van der Waals surface area contributed by atoms with Crippen molar-refractivity contribution < 1.29 is 14.3 Å². The van der Waals surface area contributed by atoms with E-state index in [2.05, 4.69) is 5.32 Å². The van der Waals surface area contributed by atoms with Gasteiger partial charge in [-0.25, -0.2) is 0 Å². The van der Waals surface area contributed by atoms with Crippen LogP contribution < -0.4 is 15.8 Å². The van der Waals surface area contributed by atoms with E-state index in [0.717, 1.165) is 56.6 Å². The maximum absolute atomic E-state index is 12.3. The number of ether oxygens (including phenoxy) is 2. The van der Waals surface area contributed by atoms with Crippen LogP contribution in [0.15, 0.2) is 24.3 Å². The van der Waals surface area contributed by atoms with E-state index in [-0.39, 0.29) is 24.4 Å². The molecule has 1 unspecified atom stereocenters. The van der Waals surface area contributed by atoms with Gasteiger partial charge in [-0.1, -0.05) is 12.8 Å². The summed E-state index contributed by atoms with van der Waals surface area (Å²) in [5.74, 6) is 0.708. The highest BCUT2D eigenvalue weighted by Crippen LogP contribution is 2.28. The van der Waals surface area contributed by atoms with Crippen LogP contribution in [0, 0.1) is 0 Å². The van der Waals surface area contributed by atoms with E-state index in [4.69, 9.17) is 15.2 Å². The van der Waals surface area contributed by atoms with Crippen molar-refractivity contribution in [3.05, 3.63) is 24.3 Å². The molecule has 1 saturated heterocycles. The molecule has 1 amide bonds. The average molecular weight is 355 g/mol. The van der Waals surface area contributed by atoms with Crippen LogP contribution in [0.4, 0.5) is 5.69 Å². The fourth-order valence-electron chi connectivity index (χ4n) is 3.25. The molecular formula is C18H27ClN2O3. The lowest BCUT2D eigenvalue weighted by Gasteiger charge is -2.23. The summed E-state index contributed by atoms with van der Waals surface area (Å²) < 4.78 is 11.4. The first-order chi connectivity index (χ1) is 11.2. The Bertz CT molecular complexity index is 524. The average Bonchev–Trinajstić information content (AvgIpc) is 3.03. The first-order valence-electron chi connectivity index (χ1n) is 8.60. The molecule has 1 saturated carbocycles. The molecule has 1 aliphatic carbocycles. The third kappa shape index (κ3) is 4.85. The molecule has 0 spiro atoms. The minimum absolute atomic E-state index is 0. The maximum atomic E-state index is 12.3. The molecule has 0 aromatic heterocycles. The molecule has 1 aromatic carbocycles. The topological polar surface area (TPSA) is 73.6 Å². The van der Waals surface area contributed by atoms with Gasteiger partial charge in [-0.15, -0.1) is 12.4 Å². The number of anilines is 1. The van der Waals surface area contributed by atoms with Gasteiger partial charge in [-0.3, -0.25) is 4.79 Å². The van der Waals surface area contributed by atoms with Gasteiger partial charge in [0.05, 0.1) is 11.6 Å². The third-order valence-corrected chi connectivity index (χ3v) is 4.77. The number of nitrogens with two attached hydrogens (primary N) is 1. The smallest absolute Gasteiger partial charge is 0.244 e. The van der Waals surface area contributed by atoms with Crippen LogP contribution in [-0.2, 0) is 9.53 Å². The van der Waals surface area contributed by atoms with Gasteiger partial charge in [-0.2, -0.15) is 0 Å². The molecule has 1 heterocycles. The van der Waals surface area contributed by atoms with Crippen molar-refractivity contribution in [3.63, 3.8) is 0 Å². The highest BCUT2D eigenvalue weighted by atomic mass is 35.5. The molecule has 0 bridgehead atoms. The second kappa shape index (κ2) is 8.70. The van der Waals surface area contributed by atoms with Crippen molar-refractivity contribution in [1.82, 2.24) is 0 Å². The van der Waals surface area contributed by atoms with E-state index in [1.807, 2.05) is 24.3 Å². The first-order valence-corrected chi connectivity index (χ1v) is 8.60. The van der Waals surface area contributed by atoms with Gasteiger partial charge in [0, 0.05) is 12.3 Å². The zero-order valence-electron chi connectivity index (χ0n) is 14.0. The molecule has 5 nitrogen and oxygen atoms in total. The number of carbonyl (C=O) groups excluding carboxylic acids is 1. The molecule has 1 aromatic rings. The Hall–Kier alpha value is -1.30. The lowest BCUT2D eigenvalue weighted by molar-refractivity contribution is -0.121. The molecule has 24 heavy (non-hydrogen) atoms. The minimum atomic E-state index is -0.701. The number of nitrogens with one attached hydrogen (secondary N) is 1. The van der Waals surface area contributed by atoms with Crippen LogP contribution in [-0.4, -0.2) is 30.8 Å². The second-order valence-corrected chi connectivity index (χ2v) is 6.64. The zero-order valence-corrected chi connectivity index (χ0v) is 14.8. The summed E-state index contributed by atoms with van der Waals surface area (Å²) in [5.41, 5.74) is 6.22. The molecule has 1 atom stereocenters. The van der Waals surface area contributed by atoms with Crippen molar-refractivity contribution in [2.75, 3.05) is 18.5 Å². The van der Waals surface area contributed by atoms with E-state index < -0.39 is 5.54 Å². The fourth-order valence-corrected chi connectivity index (χ4v) is 3.25. The summed E-state index contributed by atoms with van der Waals surface area (Å²) >= 11 is 0. The number of carbonyl (C=O) groups is 1. The largest absolute Gasteiger partial charge is 0.491 e. The van der Waals surface area contributed by atoms with Crippen molar-refractivity contribution in [2.24, 2.45) is 5.73 Å². The second-order valence-electron chi connectivity index (χ2n) is 6.64. The maximum Gasteiger partial charge on any atom is 0.244 e. The molecule has 3 N–H and O–H groups in total. The van der Waals surface area contributed by atoms with E-state index in [0.29, 0.717) is 6.61 Å². The summed E-state index contributed by atoms with van der Waals surface area (Å²) in [6.07, 6.45) is 7.20. The summed E-state index contributed by atoms with van der Waals surface area (Å²) in [6, 6.07) is 7.45. The Balaban J connectivity index is 0.00000208. The molecule has 1 aliphatic heterocycles. The van der Waals surface area contributed by atoms with Crippen LogP contribution in [0.5, 0.6) is 5.75 Å². The number of hydrogen-bond donors (Lipinski definition) is 2. The molecule has 0 radical (unpaired) electrons. The van der Waals surface area contributed by atoms with Gasteiger partial charge in [0.1, 0.15) is 12.4 Å². The summed E-state index contributed by atoms with van der Waals surface area (Å²) in [5, 5.41) is 2.91. The zero-order chi connectivity index (χ0) is 16.1. The Kier molecular flexibility index (Phi) is 6.90. The molecular weight excluding hydrogens is 328 g/mol. The molecule has 2 fully saturated rings. The Morgan fingerprint density at radius 2 is 1.92 bits per heavy atom. The standard InChI is InChI=1S/C18H26N2O3.ClH/c19-18(10-2-3-11-18)17(21)20-14-6-8-15(9-7-14)23-13-16-5-1-4-12-22-16;/h6-9,16H,1-5,10-13,19H2,(H,20,21);1H. The normalized spacial score (nSPS) is 22.5. The van der Waals surface area contributed by atoms with Crippen LogP contribution >= 0.6 is 12.4 Å². The quantitative estimate of drug-likeness (QED) is 0.851. The van der Waals surface area contributed by atoms with Crippen LogP contribution in [0.2, 0.25) is 0 Å². The number of hydrogen-bond acceptors (Lipinski definition) is 4. The van der Waals surface area contributed by atoms with Crippen LogP contribution in [0.25, 0.3) is 0 Å². The predicted molar refractivity (Wildman–Crippen MR) is 96.8 cm³/mol. The lowest BCUT2D eigenvalue weighted by Crippen LogP contribution is -2.48. The van der Waals surface area contributed by atoms with Gasteiger partial charge in [0.15, 0.2) is 0 Å².